The number of alkyl halides is 3. The van der Waals surface area contributed by atoms with E-state index in [0.29, 0.717) is 33.6 Å². The van der Waals surface area contributed by atoms with E-state index in [0.717, 1.165) is 11.6 Å². The summed E-state index contributed by atoms with van der Waals surface area (Å²) in [7, 11) is 0. The van der Waals surface area contributed by atoms with Gasteiger partial charge in [0, 0.05) is 23.4 Å². The first-order valence-electron chi connectivity index (χ1n) is 9.23. The van der Waals surface area contributed by atoms with Gasteiger partial charge in [-0.3, -0.25) is 0 Å². The third-order valence-corrected chi connectivity index (χ3v) is 6.22. The summed E-state index contributed by atoms with van der Waals surface area (Å²) >= 11 is 5.84. The molecule has 158 valence electrons. The highest BCUT2D eigenvalue weighted by Crippen LogP contribution is 2.55. The lowest BCUT2D eigenvalue weighted by atomic mass is 9.78. The molecule has 1 spiro atoms. The van der Waals surface area contributed by atoms with E-state index >= 15 is 0 Å². The van der Waals surface area contributed by atoms with Gasteiger partial charge < -0.3 is 23.5 Å². The summed E-state index contributed by atoms with van der Waals surface area (Å²) in [4.78, 5) is 10.6. The molecule has 1 aromatic carbocycles. The maximum atomic E-state index is 13.0. The Morgan fingerprint density at radius 3 is 2.65 bits per heavy atom. The third-order valence-electron chi connectivity index (χ3n) is 5.65. The molecule has 1 unspecified atom stereocenters. The number of thiocarbonyl (C=S) groups is 1. The molecule has 3 aromatic rings. The molecule has 0 aliphatic carbocycles. The van der Waals surface area contributed by atoms with E-state index in [-0.39, 0.29) is 25.7 Å². The number of nitrogens with zero attached hydrogens (tertiary/aromatic N) is 3. The Balaban J connectivity index is 1.44. The minimum atomic E-state index is -4.56. The van der Waals surface area contributed by atoms with Crippen molar-refractivity contribution in [2.24, 2.45) is 0 Å². The quantitative estimate of drug-likeness (QED) is 0.549. The lowest BCUT2D eigenvalue weighted by Gasteiger charge is -2.25. The van der Waals surface area contributed by atoms with Crippen LogP contribution in [0.3, 0.4) is 0 Å². The molecular formula is C20H12F3N3O4S. The summed E-state index contributed by atoms with van der Waals surface area (Å²) in [6, 6.07) is 5.77. The Labute approximate surface area is 178 Å². The number of halogens is 3. The highest BCUT2D eigenvalue weighted by molar-refractivity contribution is 7.80. The summed E-state index contributed by atoms with van der Waals surface area (Å²) in [6.45, 7) is 0.301. The van der Waals surface area contributed by atoms with E-state index in [4.69, 9.17) is 30.8 Å². The molecule has 11 heteroatoms. The van der Waals surface area contributed by atoms with Crippen LogP contribution in [-0.4, -0.2) is 28.4 Å². The van der Waals surface area contributed by atoms with E-state index in [1.807, 2.05) is 6.07 Å². The standard InChI is InChI=1S/C20H12F3N3O4S/c21-20(22,23)16-2-1-10(30-16)6-26-17-12(5-24-8-25-17)19(18(26)31)7-27-13-4-15-14(3-11(13)19)28-9-29-15/h1-5,8H,6-7,9H2. The predicted octanol–water partition coefficient (Wildman–Crippen LogP) is 3.84. The van der Waals surface area contributed by atoms with Gasteiger partial charge in [-0.25, -0.2) is 9.97 Å². The summed E-state index contributed by atoms with van der Waals surface area (Å²) in [5.74, 6) is 1.30. The average molecular weight is 447 g/mol. The number of anilines is 1. The summed E-state index contributed by atoms with van der Waals surface area (Å²) in [5.41, 5.74) is 0.609. The summed E-state index contributed by atoms with van der Waals surface area (Å²) in [5, 5.41) is 0. The van der Waals surface area contributed by atoms with E-state index in [1.54, 1.807) is 17.2 Å². The molecule has 0 N–H and O–H groups in total. The number of hydrogen-bond acceptors (Lipinski definition) is 7. The number of ether oxygens (including phenoxy) is 3. The molecule has 0 radical (unpaired) electrons. The summed E-state index contributed by atoms with van der Waals surface area (Å²) < 4.78 is 60.8. The van der Waals surface area contributed by atoms with E-state index in [1.165, 1.54) is 12.4 Å². The number of benzene rings is 1. The fourth-order valence-corrected chi connectivity index (χ4v) is 4.67. The van der Waals surface area contributed by atoms with Crippen molar-refractivity contribution < 1.29 is 31.8 Å². The van der Waals surface area contributed by atoms with Gasteiger partial charge in [-0.2, -0.15) is 13.2 Å². The first-order valence-corrected chi connectivity index (χ1v) is 9.64. The van der Waals surface area contributed by atoms with Gasteiger partial charge in [0.1, 0.15) is 40.7 Å². The van der Waals surface area contributed by atoms with Gasteiger partial charge >= 0.3 is 6.18 Å². The highest BCUT2D eigenvalue weighted by Gasteiger charge is 2.56. The number of furan rings is 1. The van der Waals surface area contributed by atoms with E-state index in [2.05, 4.69) is 9.97 Å². The molecule has 3 aliphatic rings. The molecule has 0 amide bonds. The second kappa shape index (κ2) is 6.10. The third kappa shape index (κ3) is 2.49. The smallest absolute Gasteiger partial charge is 0.449 e. The van der Waals surface area contributed by atoms with Crippen LogP contribution in [-0.2, 0) is 18.1 Å². The highest BCUT2D eigenvalue weighted by atomic mass is 32.1. The number of rotatable bonds is 2. The van der Waals surface area contributed by atoms with E-state index in [9.17, 15) is 13.2 Å². The van der Waals surface area contributed by atoms with Gasteiger partial charge in [-0.15, -0.1) is 0 Å². The molecule has 2 aromatic heterocycles. The normalized spacial score (nSPS) is 20.9. The van der Waals surface area contributed by atoms with Crippen LogP contribution in [0.5, 0.6) is 17.2 Å². The second-order valence-electron chi connectivity index (χ2n) is 7.31. The molecule has 31 heavy (non-hydrogen) atoms. The van der Waals surface area contributed by atoms with Crippen molar-refractivity contribution in [3.63, 3.8) is 0 Å². The zero-order valence-corrected chi connectivity index (χ0v) is 16.4. The topological polar surface area (TPSA) is 69.9 Å². The summed E-state index contributed by atoms with van der Waals surface area (Å²) in [6.07, 6.45) is -1.54. The van der Waals surface area contributed by atoms with Gasteiger partial charge in [0.2, 0.25) is 12.6 Å². The SMILES string of the molecule is FC(F)(F)c1ccc(CN2C(=S)C3(COc4cc5c(cc43)OCO5)c3cncnc32)o1. The van der Waals surface area contributed by atoms with Crippen molar-refractivity contribution in [1.29, 1.82) is 0 Å². The van der Waals surface area contributed by atoms with Gasteiger partial charge in [0.15, 0.2) is 11.5 Å². The molecule has 5 heterocycles. The maximum Gasteiger partial charge on any atom is 0.449 e. The van der Waals surface area contributed by atoms with Crippen LogP contribution in [0.1, 0.15) is 22.6 Å². The molecular weight excluding hydrogens is 435 g/mol. The number of aromatic nitrogens is 2. The lowest BCUT2D eigenvalue weighted by Crippen LogP contribution is -2.41. The molecule has 7 nitrogen and oxygen atoms in total. The second-order valence-corrected chi connectivity index (χ2v) is 7.70. The largest absolute Gasteiger partial charge is 0.491 e. The number of fused-ring (bicyclic) bond motifs is 5. The van der Waals surface area contributed by atoms with Crippen molar-refractivity contribution in [3.8, 4) is 17.2 Å². The van der Waals surface area contributed by atoms with Crippen molar-refractivity contribution in [2.45, 2.75) is 18.1 Å². The minimum absolute atomic E-state index is 0.0133. The Hall–Kier alpha value is -3.34. The van der Waals surface area contributed by atoms with Crippen LogP contribution < -0.4 is 19.1 Å². The maximum absolute atomic E-state index is 13.0. The monoisotopic (exact) mass is 447 g/mol. The van der Waals surface area contributed by atoms with E-state index < -0.39 is 17.4 Å². The van der Waals surface area contributed by atoms with Gasteiger partial charge in [0.25, 0.3) is 0 Å². The fraction of sp³-hybridized carbons (Fsp3) is 0.250. The Bertz CT molecular complexity index is 1240. The first-order chi connectivity index (χ1) is 14.9. The van der Waals surface area contributed by atoms with Gasteiger partial charge in [0.05, 0.1) is 6.54 Å². The molecule has 0 bridgehead atoms. The zero-order chi connectivity index (χ0) is 21.4. The molecule has 0 fully saturated rings. The molecule has 0 saturated carbocycles. The van der Waals surface area contributed by atoms with Crippen LogP contribution in [0.4, 0.5) is 19.0 Å². The molecule has 0 saturated heterocycles. The van der Waals surface area contributed by atoms with Crippen molar-refractivity contribution >= 4 is 23.0 Å². The van der Waals surface area contributed by atoms with Crippen LogP contribution in [0.15, 0.2) is 41.2 Å². The zero-order valence-electron chi connectivity index (χ0n) is 15.6. The molecule has 3 aliphatic heterocycles. The first kappa shape index (κ1) is 18.4. The van der Waals surface area contributed by atoms with Crippen LogP contribution in [0, 0.1) is 0 Å². The van der Waals surface area contributed by atoms with Crippen LogP contribution >= 0.6 is 12.2 Å². The Kier molecular flexibility index (Phi) is 3.62. The van der Waals surface area contributed by atoms with Gasteiger partial charge in [-0.1, -0.05) is 12.2 Å². The average Bonchev–Trinajstić information content (AvgIpc) is 3.50. The molecule has 1 atom stereocenters. The Morgan fingerprint density at radius 2 is 1.87 bits per heavy atom. The predicted molar refractivity (Wildman–Crippen MR) is 103 cm³/mol. The van der Waals surface area contributed by atoms with Crippen molar-refractivity contribution in [1.82, 2.24) is 9.97 Å². The fourth-order valence-electron chi connectivity index (χ4n) is 4.24. The Morgan fingerprint density at radius 1 is 1.06 bits per heavy atom. The lowest BCUT2D eigenvalue weighted by molar-refractivity contribution is -0.153. The number of hydrogen-bond donors (Lipinski definition) is 0. The molecule has 6 rings (SSSR count). The van der Waals surface area contributed by atoms with Crippen LogP contribution in [0.25, 0.3) is 0 Å². The van der Waals surface area contributed by atoms with Crippen LogP contribution in [0.2, 0.25) is 0 Å². The van der Waals surface area contributed by atoms with Crippen molar-refractivity contribution in [3.05, 3.63) is 59.4 Å². The van der Waals surface area contributed by atoms with Crippen molar-refractivity contribution in [2.75, 3.05) is 18.3 Å². The van der Waals surface area contributed by atoms with Gasteiger partial charge in [-0.05, 0) is 18.2 Å². The minimum Gasteiger partial charge on any atom is -0.491 e.